The molecule has 0 radical (unpaired) electrons. The van der Waals surface area contributed by atoms with Crippen LogP contribution in [0.25, 0.3) is 0 Å². The summed E-state index contributed by atoms with van der Waals surface area (Å²) in [6, 6.07) is 5.21. The average Bonchev–Trinajstić information content (AvgIpc) is 2.34. The van der Waals surface area contributed by atoms with E-state index in [4.69, 9.17) is 10.5 Å². The highest BCUT2D eigenvalue weighted by Gasteiger charge is 2.27. The summed E-state index contributed by atoms with van der Waals surface area (Å²) in [5, 5.41) is 0. The Morgan fingerprint density at radius 3 is 2.58 bits per heavy atom. The van der Waals surface area contributed by atoms with Crippen molar-refractivity contribution in [3.63, 3.8) is 0 Å². The van der Waals surface area contributed by atoms with E-state index in [9.17, 15) is 4.79 Å². The van der Waals surface area contributed by atoms with Gasteiger partial charge in [-0.2, -0.15) is 0 Å². The molecular formula is C15H22N2O2. The second-order valence-electron chi connectivity index (χ2n) is 5.30. The number of ether oxygens (including phenoxy) is 1. The molecule has 0 aliphatic rings. The van der Waals surface area contributed by atoms with Crippen LogP contribution in [0.5, 0.6) is 5.75 Å². The fourth-order valence-corrected chi connectivity index (χ4v) is 1.84. The minimum Gasteiger partial charge on any atom is -0.495 e. The Hall–Kier alpha value is -1.97. The normalized spacial score (nSPS) is 10.9. The number of hydrogen-bond donors (Lipinski definition) is 1. The molecular weight excluding hydrogens is 240 g/mol. The predicted molar refractivity (Wildman–Crippen MR) is 78.4 cm³/mol. The third-order valence-corrected chi connectivity index (χ3v) is 2.88. The van der Waals surface area contributed by atoms with Crippen LogP contribution in [0.3, 0.4) is 0 Å². The molecule has 0 aromatic heterocycles. The Morgan fingerprint density at radius 2 is 2.11 bits per heavy atom. The lowest BCUT2D eigenvalue weighted by Gasteiger charge is -2.35. The van der Waals surface area contributed by atoms with Crippen LogP contribution in [0.15, 0.2) is 30.9 Å². The van der Waals surface area contributed by atoms with Gasteiger partial charge < -0.3 is 15.4 Å². The number of nitrogens with two attached hydrogens (primary N) is 1. The highest BCUT2D eigenvalue weighted by Crippen LogP contribution is 2.27. The van der Waals surface area contributed by atoms with Gasteiger partial charge in [0.15, 0.2) is 0 Å². The summed E-state index contributed by atoms with van der Waals surface area (Å²) in [6.07, 6.45) is 1.71. The van der Waals surface area contributed by atoms with Gasteiger partial charge in [0.1, 0.15) is 5.75 Å². The minimum atomic E-state index is -0.305. The van der Waals surface area contributed by atoms with Gasteiger partial charge in [0.2, 0.25) is 0 Å². The first-order valence-electron chi connectivity index (χ1n) is 6.18. The van der Waals surface area contributed by atoms with Gasteiger partial charge in [0, 0.05) is 12.1 Å². The number of hydrogen-bond acceptors (Lipinski definition) is 3. The van der Waals surface area contributed by atoms with Crippen molar-refractivity contribution in [1.82, 2.24) is 4.90 Å². The first-order valence-corrected chi connectivity index (χ1v) is 6.18. The van der Waals surface area contributed by atoms with Gasteiger partial charge in [-0.25, -0.2) is 0 Å². The van der Waals surface area contributed by atoms with Crippen LogP contribution in [-0.4, -0.2) is 30.0 Å². The lowest BCUT2D eigenvalue weighted by molar-refractivity contribution is 0.0617. The average molecular weight is 262 g/mol. The molecule has 19 heavy (non-hydrogen) atoms. The highest BCUT2D eigenvalue weighted by molar-refractivity contribution is 6.00. The summed E-state index contributed by atoms with van der Waals surface area (Å²) in [4.78, 5) is 14.3. The van der Waals surface area contributed by atoms with E-state index in [2.05, 4.69) is 6.58 Å². The number of para-hydroxylation sites is 1. The molecule has 1 amide bonds. The molecule has 0 atom stereocenters. The van der Waals surface area contributed by atoms with E-state index in [1.54, 1.807) is 29.2 Å². The first kappa shape index (κ1) is 15.1. The van der Waals surface area contributed by atoms with E-state index < -0.39 is 0 Å². The van der Waals surface area contributed by atoms with Crippen molar-refractivity contribution in [2.24, 2.45) is 0 Å². The van der Waals surface area contributed by atoms with Crippen molar-refractivity contribution in [3.8, 4) is 5.75 Å². The number of nitrogens with zero attached hydrogens (tertiary/aromatic N) is 1. The molecule has 0 fully saturated rings. The quantitative estimate of drug-likeness (QED) is 0.670. The van der Waals surface area contributed by atoms with Crippen LogP contribution in [0, 0.1) is 0 Å². The van der Waals surface area contributed by atoms with Crippen LogP contribution in [0.1, 0.15) is 31.1 Å². The van der Waals surface area contributed by atoms with Crippen molar-refractivity contribution < 1.29 is 9.53 Å². The number of carbonyl (C=O) groups excluding carboxylic acids is 1. The van der Waals surface area contributed by atoms with E-state index in [1.165, 1.54) is 7.11 Å². The van der Waals surface area contributed by atoms with Crippen molar-refractivity contribution in [2.45, 2.75) is 26.3 Å². The molecule has 0 bridgehead atoms. The zero-order valence-corrected chi connectivity index (χ0v) is 12.1. The van der Waals surface area contributed by atoms with Crippen LogP contribution < -0.4 is 10.5 Å². The Morgan fingerprint density at radius 1 is 1.47 bits per heavy atom. The second kappa shape index (κ2) is 5.78. The topological polar surface area (TPSA) is 55.6 Å². The molecule has 0 unspecified atom stereocenters. The molecule has 0 aliphatic heterocycles. The number of methoxy groups -OCH3 is 1. The highest BCUT2D eigenvalue weighted by atomic mass is 16.5. The maximum absolute atomic E-state index is 12.6. The van der Waals surface area contributed by atoms with E-state index in [1.807, 2.05) is 20.8 Å². The molecule has 0 saturated heterocycles. The Kier molecular flexibility index (Phi) is 4.59. The van der Waals surface area contributed by atoms with Crippen molar-refractivity contribution in [3.05, 3.63) is 36.4 Å². The molecule has 0 heterocycles. The molecule has 2 N–H and O–H groups in total. The van der Waals surface area contributed by atoms with Crippen LogP contribution >= 0.6 is 0 Å². The van der Waals surface area contributed by atoms with Gasteiger partial charge >= 0.3 is 0 Å². The monoisotopic (exact) mass is 262 g/mol. The smallest absolute Gasteiger partial charge is 0.256 e. The van der Waals surface area contributed by atoms with Crippen molar-refractivity contribution in [1.29, 1.82) is 0 Å². The number of carbonyl (C=O) groups is 1. The fourth-order valence-electron chi connectivity index (χ4n) is 1.84. The van der Waals surface area contributed by atoms with E-state index in [0.717, 1.165) is 0 Å². The van der Waals surface area contributed by atoms with Crippen LogP contribution in [-0.2, 0) is 0 Å². The summed E-state index contributed by atoms with van der Waals surface area (Å²) in [6.45, 7) is 10.1. The molecule has 4 heteroatoms. The zero-order valence-electron chi connectivity index (χ0n) is 12.1. The molecule has 4 nitrogen and oxygen atoms in total. The number of anilines is 1. The Labute approximate surface area is 114 Å². The molecule has 104 valence electrons. The third kappa shape index (κ3) is 3.28. The van der Waals surface area contributed by atoms with Gasteiger partial charge in [0.25, 0.3) is 5.91 Å². The standard InChI is InChI=1S/C15H22N2O2/c1-6-10-17(15(2,3)4)14(18)11-8-7-9-12(19-5)13(11)16/h6-9H,1,10,16H2,2-5H3. The molecule has 1 aromatic carbocycles. The minimum absolute atomic E-state index is 0.121. The van der Waals surface area contributed by atoms with E-state index in [-0.39, 0.29) is 11.4 Å². The summed E-state index contributed by atoms with van der Waals surface area (Å²) in [5.41, 5.74) is 6.49. The Bertz CT molecular complexity index is 476. The SMILES string of the molecule is C=CCN(C(=O)c1cccc(OC)c1N)C(C)(C)C. The fraction of sp³-hybridized carbons (Fsp3) is 0.400. The largest absolute Gasteiger partial charge is 0.495 e. The van der Waals surface area contributed by atoms with E-state index in [0.29, 0.717) is 23.5 Å². The molecule has 1 rings (SSSR count). The number of nitrogen functional groups attached to an aromatic ring is 1. The zero-order chi connectivity index (χ0) is 14.6. The lowest BCUT2D eigenvalue weighted by atomic mass is 10.0. The second-order valence-corrected chi connectivity index (χ2v) is 5.30. The first-order chi connectivity index (χ1) is 8.82. The maximum Gasteiger partial charge on any atom is 0.256 e. The van der Waals surface area contributed by atoms with Gasteiger partial charge in [-0.1, -0.05) is 12.1 Å². The molecule has 1 aromatic rings. The Balaban J connectivity index is 3.21. The van der Waals surface area contributed by atoms with Gasteiger partial charge in [-0.05, 0) is 32.9 Å². The van der Waals surface area contributed by atoms with Gasteiger partial charge in [-0.15, -0.1) is 6.58 Å². The van der Waals surface area contributed by atoms with Crippen LogP contribution in [0.2, 0.25) is 0 Å². The molecule has 0 aliphatic carbocycles. The summed E-state index contributed by atoms with van der Waals surface area (Å²) in [5.74, 6) is 0.391. The van der Waals surface area contributed by atoms with Gasteiger partial charge in [0.05, 0.1) is 18.4 Å². The van der Waals surface area contributed by atoms with Crippen LogP contribution in [0.4, 0.5) is 5.69 Å². The molecule has 0 saturated carbocycles. The summed E-state index contributed by atoms with van der Waals surface area (Å²) < 4.78 is 5.15. The molecule has 0 spiro atoms. The number of rotatable bonds is 4. The van der Waals surface area contributed by atoms with Gasteiger partial charge in [-0.3, -0.25) is 4.79 Å². The van der Waals surface area contributed by atoms with Crippen molar-refractivity contribution in [2.75, 3.05) is 19.4 Å². The number of benzene rings is 1. The summed E-state index contributed by atoms with van der Waals surface area (Å²) >= 11 is 0. The van der Waals surface area contributed by atoms with E-state index >= 15 is 0 Å². The van der Waals surface area contributed by atoms with Crippen molar-refractivity contribution >= 4 is 11.6 Å². The maximum atomic E-state index is 12.6. The predicted octanol–water partition coefficient (Wildman–Crippen LogP) is 2.70. The summed E-state index contributed by atoms with van der Waals surface area (Å²) in [7, 11) is 1.53. The third-order valence-electron chi connectivity index (χ3n) is 2.88. The number of amides is 1. The lowest BCUT2D eigenvalue weighted by Crippen LogP contribution is -2.45.